The van der Waals surface area contributed by atoms with Crippen LogP contribution in [-0.2, 0) is 17.1 Å². The fourth-order valence-electron chi connectivity index (χ4n) is 2.91. The minimum absolute atomic E-state index is 0.0370. The summed E-state index contributed by atoms with van der Waals surface area (Å²) < 4.78 is 33.7. The third-order valence-corrected chi connectivity index (χ3v) is 5.37. The molecule has 120 valence electrons. The van der Waals surface area contributed by atoms with Crippen molar-refractivity contribution >= 4 is 15.9 Å². The molecule has 0 aromatic carbocycles. The van der Waals surface area contributed by atoms with Gasteiger partial charge in [0.25, 0.3) is 10.0 Å². The van der Waals surface area contributed by atoms with Crippen LogP contribution in [0.1, 0.15) is 49.3 Å². The molecule has 1 N–H and O–H groups in total. The minimum atomic E-state index is -3.75. The normalized spacial score (nSPS) is 16.8. The van der Waals surface area contributed by atoms with Gasteiger partial charge in [-0.3, -0.25) is 4.68 Å². The molecule has 1 saturated carbocycles. The average Bonchev–Trinajstić information content (AvgIpc) is 3.08. The highest BCUT2D eigenvalue weighted by atomic mass is 32.2. The first-order chi connectivity index (χ1) is 10.5. The van der Waals surface area contributed by atoms with Gasteiger partial charge in [-0.05, 0) is 25.8 Å². The highest BCUT2D eigenvalue weighted by molar-refractivity contribution is 7.92. The van der Waals surface area contributed by atoms with Gasteiger partial charge in [0.05, 0.1) is 5.69 Å². The lowest BCUT2D eigenvalue weighted by Gasteiger charge is -2.19. The van der Waals surface area contributed by atoms with E-state index in [1.165, 1.54) is 30.0 Å². The van der Waals surface area contributed by atoms with Gasteiger partial charge < -0.3 is 4.52 Å². The summed E-state index contributed by atoms with van der Waals surface area (Å²) in [6.07, 6.45) is 7.37. The maximum absolute atomic E-state index is 12.3. The molecular formula is C14H20N4O3S. The van der Waals surface area contributed by atoms with Crippen molar-refractivity contribution in [2.45, 2.75) is 50.0 Å². The van der Waals surface area contributed by atoms with E-state index in [9.17, 15) is 8.42 Å². The number of hydrogen-bond acceptors (Lipinski definition) is 5. The molecule has 0 spiro atoms. The first-order valence-electron chi connectivity index (χ1n) is 7.46. The number of aryl methyl sites for hydroxylation is 1. The van der Waals surface area contributed by atoms with E-state index in [1.54, 1.807) is 13.2 Å². The molecule has 0 aliphatic heterocycles. The topological polar surface area (TPSA) is 90.0 Å². The summed E-state index contributed by atoms with van der Waals surface area (Å²) in [6.45, 7) is 1.84. The summed E-state index contributed by atoms with van der Waals surface area (Å²) >= 11 is 0. The zero-order chi connectivity index (χ0) is 15.7. The number of aromatic nitrogens is 3. The molecule has 0 bridgehead atoms. The summed E-state index contributed by atoms with van der Waals surface area (Å²) in [4.78, 5) is 0. The van der Waals surface area contributed by atoms with Gasteiger partial charge in [0, 0.05) is 24.7 Å². The lowest BCUT2D eigenvalue weighted by molar-refractivity contribution is 0.387. The van der Waals surface area contributed by atoms with Crippen LogP contribution in [0.25, 0.3) is 0 Å². The number of rotatable bonds is 4. The second kappa shape index (κ2) is 5.75. The minimum Gasteiger partial charge on any atom is -0.337 e. The van der Waals surface area contributed by atoms with E-state index >= 15 is 0 Å². The third kappa shape index (κ3) is 2.87. The van der Waals surface area contributed by atoms with E-state index in [2.05, 4.69) is 15.0 Å². The summed E-state index contributed by atoms with van der Waals surface area (Å²) in [5.74, 6) is 0.553. The standard InChI is InChI=1S/C14H20N4O3S/c1-10-13(11-6-4-3-5-7-11)16-21-14(10)17-22(19,20)12-8-9-18(2)15-12/h8-9,11,17H,3-7H2,1-2H3. The van der Waals surface area contributed by atoms with Crippen LogP contribution < -0.4 is 4.72 Å². The monoisotopic (exact) mass is 324 g/mol. The number of nitrogens with one attached hydrogen (secondary N) is 1. The van der Waals surface area contributed by atoms with Crippen molar-refractivity contribution in [3.8, 4) is 0 Å². The molecular weight excluding hydrogens is 304 g/mol. The molecule has 0 atom stereocenters. The molecule has 0 unspecified atom stereocenters. The first-order valence-corrected chi connectivity index (χ1v) is 8.94. The number of anilines is 1. The molecule has 8 heteroatoms. The number of nitrogens with zero attached hydrogens (tertiary/aromatic N) is 3. The lowest BCUT2D eigenvalue weighted by Crippen LogP contribution is -2.14. The van der Waals surface area contributed by atoms with Crippen LogP contribution >= 0.6 is 0 Å². The SMILES string of the molecule is Cc1c(C2CCCCC2)noc1NS(=O)(=O)c1ccn(C)n1. The van der Waals surface area contributed by atoms with Crippen molar-refractivity contribution in [2.75, 3.05) is 4.72 Å². The number of sulfonamides is 1. The molecule has 0 saturated heterocycles. The Morgan fingerprint density at radius 1 is 1.32 bits per heavy atom. The van der Waals surface area contributed by atoms with Crippen LogP contribution in [0.2, 0.25) is 0 Å². The molecule has 7 nitrogen and oxygen atoms in total. The van der Waals surface area contributed by atoms with Gasteiger partial charge in [0.1, 0.15) is 0 Å². The Morgan fingerprint density at radius 2 is 2.05 bits per heavy atom. The second-order valence-electron chi connectivity index (χ2n) is 5.79. The summed E-state index contributed by atoms with van der Waals surface area (Å²) in [7, 11) is -2.08. The summed E-state index contributed by atoms with van der Waals surface area (Å²) in [5, 5.41) is 7.97. The Morgan fingerprint density at radius 3 is 2.68 bits per heavy atom. The van der Waals surface area contributed by atoms with E-state index in [-0.39, 0.29) is 10.9 Å². The zero-order valence-electron chi connectivity index (χ0n) is 12.7. The maximum Gasteiger partial charge on any atom is 0.283 e. The molecule has 0 amide bonds. The fourth-order valence-corrected chi connectivity index (χ4v) is 3.93. The van der Waals surface area contributed by atoms with Crippen LogP contribution in [0.5, 0.6) is 0 Å². The maximum atomic E-state index is 12.3. The van der Waals surface area contributed by atoms with Crippen molar-refractivity contribution in [3.63, 3.8) is 0 Å². The van der Waals surface area contributed by atoms with Crippen LogP contribution in [0.4, 0.5) is 5.88 Å². The molecule has 1 aliphatic carbocycles. The highest BCUT2D eigenvalue weighted by Crippen LogP contribution is 2.36. The van der Waals surface area contributed by atoms with E-state index in [0.717, 1.165) is 24.1 Å². The Kier molecular flexibility index (Phi) is 3.94. The molecule has 2 heterocycles. The summed E-state index contributed by atoms with van der Waals surface area (Å²) in [5.41, 5.74) is 1.64. The van der Waals surface area contributed by atoms with Crippen molar-refractivity contribution in [2.24, 2.45) is 7.05 Å². The van der Waals surface area contributed by atoms with Crippen LogP contribution in [-0.4, -0.2) is 23.4 Å². The Labute approximate surface area is 129 Å². The lowest BCUT2D eigenvalue weighted by atomic mass is 9.86. The molecule has 1 fully saturated rings. The smallest absolute Gasteiger partial charge is 0.283 e. The van der Waals surface area contributed by atoms with E-state index in [1.807, 2.05) is 6.92 Å². The quantitative estimate of drug-likeness (QED) is 0.933. The Hall–Kier alpha value is -1.83. The predicted octanol–water partition coefficient (Wildman–Crippen LogP) is 2.57. The molecule has 2 aromatic heterocycles. The predicted molar refractivity (Wildman–Crippen MR) is 81.1 cm³/mol. The van der Waals surface area contributed by atoms with Gasteiger partial charge in [-0.2, -0.15) is 13.5 Å². The van der Waals surface area contributed by atoms with Crippen molar-refractivity contribution in [1.29, 1.82) is 0 Å². The zero-order valence-corrected chi connectivity index (χ0v) is 13.6. The largest absolute Gasteiger partial charge is 0.337 e. The highest BCUT2D eigenvalue weighted by Gasteiger charge is 2.26. The van der Waals surface area contributed by atoms with Crippen molar-refractivity contribution in [3.05, 3.63) is 23.5 Å². The van der Waals surface area contributed by atoms with E-state index < -0.39 is 10.0 Å². The van der Waals surface area contributed by atoms with Crippen molar-refractivity contribution in [1.82, 2.24) is 14.9 Å². The Balaban J connectivity index is 1.82. The molecule has 22 heavy (non-hydrogen) atoms. The fraction of sp³-hybridized carbons (Fsp3) is 0.571. The van der Waals surface area contributed by atoms with Crippen LogP contribution in [0.3, 0.4) is 0 Å². The van der Waals surface area contributed by atoms with Crippen LogP contribution in [0.15, 0.2) is 21.8 Å². The third-order valence-electron chi connectivity index (χ3n) is 4.14. The van der Waals surface area contributed by atoms with Gasteiger partial charge in [-0.25, -0.2) is 4.72 Å². The van der Waals surface area contributed by atoms with E-state index in [4.69, 9.17) is 4.52 Å². The molecule has 0 radical (unpaired) electrons. The van der Waals surface area contributed by atoms with Gasteiger partial charge in [0.15, 0.2) is 5.03 Å². The molecule has 2 aromatic rings. The van der Waals surface area contributed by atoms with Gasteiger partial charge >= 0.3 is 0 Å². The Bertz CT molecular complexity index is 757. The molecule has 1 aliphatic rings. The summed E-state index contributed by atoms with van der Waals surface area (Å²) in [6, 6.07) is 1.44. The van der Waals surface area contributed by atoms with Gasteiger partial charge in [-0.15, -0.1) is 0 Å². The van der Waals surface area contributed by atoms with E-state index in [0.29, 0.717) is 5.92 Å². The van der Waals surface area contributed by atoms with Crippen molar-refractivity contribution < 1.29 is 12.9 Å². The second-order valence-corrected chi connectivity index (χ2v) is 7.42. The molecule has 3 rings (SSSR count). The first kappa shape index (κ1) is 15.1. The van der Waals surface area contributed by atoms with Crippen LogP contribution in [0, 0.1) is 6.92 Å². The van der Waals surface area contributed by atoms with Gasteiger partial charge in [-0.1, -0.05) is 24.4 Å². The average molecular weight is 324 g/mol. The van der Waals surface area contributed by atoms with Gasteiger partial charge in [0.2, 0.25) is 5.88 Å². The number of hydrogen-bond donors (Lipinski definition) is 1.